The summed E-state index contributed by atoms with van der Waals surface area (Å²) in [6.45, 7) is 11.1. The Balaban J connectivity index is 2.71. The second-order valence-corrected chi connectivity index (χ2v) is 6.13. The van der Waals surface area contributed by atoms with Gasteiger partial charge in [0.25, 0.3) is 0 Å². The van der Waals surface area contributed by atoms with Crippen molar-refractivity contribution in [3.8, 4) is 0 Å². The quantitative estimate of drug-likeness (QED) is 0.712. The molecule has 1 rings (SSSR count). The molecule has 0 spiro atoms. The second-order valence-electron chi connectivity index (χ2n) is 6.13. The van der Waals surface area contributed by atoms with E-state index in [-0.39, 0.29) is 11.6 Å². The van der Waals surface area contributed by atoms with E-state index in [9.17, 15) is 5.11 Å². The zero-order valence-electron chi connectivity index (χ0n) is 12.9. The van der Waals surface area contributed by atoms with E-state index in [0.717, 1.165) is 19.5 Å². The van der Waals surface area contributed by atoms with Gasteiger partial charge in [-0.3, -0.25) is 4.90 Å². The number of likely N-dealkylation sites (N-methyl/N-ethyl adjacent to an activating group) is 1. The monoisotopic (exact) mass is 255 g/mol. The van der Waals surface area contributed by atoms with Crippen molar-refractivity contribution in [1.29, 1.82) is 0 Å². The Morgan fingerprint density at radius 1 is 1.11 bits per heavy atom. The highest BCUT2D eigenvalue weighted by atomic mass is 16.3. The number of nitrogens with zero attached hydrogens (tertiary/aromatic N) is 1. The summed E-state index contributed by atoms with van der Waals surface area (Å²) in [5.74, 6) is 0.651. The van der Waals surface area contributed by atoms with Gasteiger partial charge in [0.2, 0.25) is 0 Å². The molecule has 2 heteroatoms. The van der Waals surface area contributed by atoms with Crippen molar-refractivity contribution in [3.63, 3.8) is 0 Å². The molecule has 0 radical (unpaired) electrons. The van der Waals surface area contributed by atoms with Crippen LogP contribution in [0.25, 0.3) is 0 Å². The van der Waals surface area contributed by atoms with Crippen LogP contribution in [0.4, 0.5) is 0 Å². The summed E-state index contributed by atoms with van der Waals surface area (Å²) in [6.07, 6.45) is 8.26. The lowest BCUT2D eigenvalue weighted by Gasteiger charge is -2.44. The molecule has 1 aliphatic carbocycles. The van der Waals surface area contributed by atoms with Crippen LogP contribution in [0.2, 0.25) is 0 Å². The van der Waals surface area contributed by atoms with Crippen molar-refractivity contribution >= 4 is 0 Å². The van der Waals surface area contributed by atoms with Gasteiger partial charge in [0, 0.05) is 5.54 Å². The van der Waals surface area contributed by atoms with Crippen molar-refractivity contribution in [3.05, 3.63) is 0 Å². The van der Waals surface area contributed by atoms with Crippen LogP contribution in [-0.2, 0) is 0 Å². The van der Waals surface area contributed by atoms with Crippen LogP contribution in [-0.4, -0.2) is 34.7 Å². The molecule has 108 valence electrons. The van der Waals surface area contributed by atoms with Gasteiger partial charge in [0.1, 0.15) is 0 Å². The fourth-order valence-corrected chi connectivity index (χ4v) is 3.91. The third-order valence-electron chi connectivity index (χ3n) is 4.89. The van der Waals surface area contributed by atoms with Gasteiger partial charge in [0.15, 0.2) is 0 Å². The Morgan fingerprint density at radius 2 is 1.67 bits per heavy atom. The molecule has 1 N–H and O–H groups in total. The van der Waals surface area contributed by atoms with Gasteiger partial charge >= 0.3 is 0 Å². The van der Waals surface area contributed by atoms with Gasteiger partial charge in [-0.05, 0) is 38.3 Å². The normalized spacial score (nSPS) is 22.3. The maximum Gasteiger partial charge on any atom is 0.0726 e. The molecule has 0 aliphatic heterocycles. The topological polar surface area (TPSA) is 23.5 Å². The zero-order chi connectivity index (χ0) is 13.6. The highest BCUT2D eigenvalue weighted by Gasteiger charge is 2.44. The molecule has 1 fully saturated rings. The number of aliphatic hydroxyl groups is 1. The number of hydrogen-bond acceptors (Lipinski definition) is 2. The smallest absolute Gasteiger partial charge is 0.0726 e. The molecule has 0 aromatic rings. The first-order valence-electron chi connectivity index (χ1n) is 8.03. The van der Waals surface area contributed by atoms with Crippen molar-refractivity contribution in [1.82, 2.24) is 4.90 Å². The minimum atomic E-state index is -0.138. The molecule has 0 bridgehead atoms. The van der Waals surface area contributed by atoms with E-state index in [1.165, 1.54) is 38.5 Å². The summed E-state index contributed by atoms with van der Waals surface area (Å²) in [6, 6.07) is 0. The van der Waals surface area contributed by atoms with E-state index in [2.05, 4.69) is 32.6 Å². The molecule has 18 heavy (non-hydrogen) atoms. The first-order valence-corrected chi connectivity index (χ1v) is 8.03. The van der Waals surface area contributed by atoms with Crippen molar-refractivity contribution in [2.75, 3.05) is 13.1 Å². The Bertz CT molecular complexity index is 219. The number of aliphatic hydroxyl groups excluding tert-OH is 1. The summed E-state index contributed by atoms with van der Waals surface area (Å²) >= 11 is 0. The van der Waals surface area contributed by atoms with Gasteiger partial charge in [-0.15, -0.1) is 0 Å². The SMILES string of the molecule is CCCC(C)CC(O)C1(N(CC)CC)CCCC1. The average Bonchev–Trinajstić information content (AvgIpc) is 2.81. The largest absolute Gasteiger partial charge is 0.391 e. The first-order chi connectivity index (χ1) is 8.60. The Kier molecular flexibility index (Phi) is 6.65. The fourth-order valence-electron chi connectivity index (χ4n) is 3.91. The molecule has 2 unspecified atom stereocenters. The van der Waals surface area contributed by atoms with Crippen LogP contribution in [0.1, 0.15) is 72.6 Å². The van der Waals surface area contributed by atoms with Gasteiger partial charge in [-0.1, -0.05) is 53.4 Å². The van der Waals surface area contributed by atoms with Gasteiger partial charge < -0.3 is 5.11 Å². The molecule has 0 amide bonds. The summed E-state index contributed by atoms with van der Waals surface area (Å²) in [7, 11) is 0. The molecule has 0 heterocycles. The van der Waals surface area contributed by atoms with E-state index in [0.29, 0.717) is 5.92 Å². The van der Waals surface area contributed by atoms with Crippen LogP contribution in [0.15, 0.2) is 0 Å². The standard InChI is InChI=1S/C16H33NO/c1-5-10-14(4)13-15(18)16(11-8-9-12-16)17(6-2)7-3/h14-15,18H,5-13H2,1-4H3. The summed E-state index contributed by atoms with van der Waals surface area (Å²) in [4.78, 5) is 2.52. The molecule has 2 atom stereocenters. The predicted octanol–water partition coefficient (Wildman–Crippen LogP) is 3.83. The summed E-state index contributed by atoms with van der Waals surface area (Å²) < 4.78 is 0. The third kappa shape index (κ3) is 3.48. The van der Waals surface area contributed by atoms with Crippen LogP contribution in [0.5, 0.6) is 0 Å². The minimum absolute atomic E-state index is 0.0888. The lowest BCUT2D eigenvalue weighted by atomic mass is 9.82. The highest BCUT2D eigenvalue weighted by molar-refractivity contribution is 5.00. The van der Waals surface area contributed by atoms with Crippen molar-refractivity contribution in [2.24, 2.45) is 5.92 Å². The number of hydrogen-bond donors (Lipinski definition) is 1. The Morgan fingerprint density at radius 3 is 2.11 bits per heavy atom. The molecule has 1 saturated carbocycles. The molecule has 1 aliphatic rings. The summed E-state index contributed by atoms with van der Waals surface area (Å²) in [5.41, 5.74) is 0.0888. The molecule has 2 nitrogen and oxygen atoms in total. The van der Waals surface area contributed by atoms with Gasteiger partial charge in [-0.2, -0.15) is 0 Å². The van der Waals surface area contributed by atoms with Crippen LogP contribution < -0.4 is 0 Å². The third-order valence-corrected chi connectivity index (χ3v) is 4.89. The summed E-state index contributed by atoms with van der Waals surface area (Å²) in [5, 5.41) is 10.8. The minimum Gasteiger partial charge on any atom is -0.391 e. The Labute approximate surface area is 114 Å². The van der Waals surface area contributed by atoms with Gasteiger partial charge in [0.05, 0.1) is 6.10 Å². The van der Waals surface area contributed by atoms with E-state index in [1.807, 2.05) is 0 Å². The van der Waals surface area contributed by atoms with Gasteiger partial charge in [-0.25, -0.2) is 0 Å². The lowest BCUT2D eigenvalue weighted by molar-refractivity contribution is -0.0361. The molecular weight excluding hydrogens is 222 g/mol. The lowest BCUT2D eigenvalue weighted by Crippen LogP contribution is -2.55. The van der Waals surface area contributed by atoms with Crippen molar-refractivity contribution < 1.29 is 5.11 Å². The molecule has 0 aromatic heterocycles. The molecular formula is C16H33NO. The van der Waals surface area contributed by atoms with E-state index in [1.54, 1.807) is 0 Å². The van der Waals surface area contributed by atoms with Crippen LogP contribution in [0, 0.1) is 5.92 Å². The van der Waals surface area contributed by atoms with Crippen LogP contribution in [0.3, 0.4) is 0 Å². The maximum atomic E-state index is 10.8. The van der Waals surface area contributed by atoms with E-state index >= 15 is 0 Å². The maximum absolute atomic E-state index is 10.8. The fraction of sp³-hybridized carbons (Fsp3) is 1.00. The van der Waals surface area contributed by atoms with E-state index < -0.39 is 0 Å². The van der Waals surface area contributed by atoms with E-state index in [4.69, 9.17) is 0 Å². The average molecular weight is 255 g/mol. The van der Waals surface area contributed by atoms with Crippen LogP contribution >= 0.6 is 0 Å². The second kappa shape index (κ2) is 7.49. The molecule has 0 saturated heterocycles. The van der Waals surface area contributed by atoms with Crippen molar-refractivity contribution in [2.45, 2.75) is 84.3 Å². The zero-order valence-corrected chi connectivity index (χ0v) is 12.9. The molecule has 0 aromatic carbocycles. The first kappa shape index (κ1) is 16.0. The Hall–Kier alpha value is -0.0800. The number of rotatable bonds is 8. The predicted molar refractivity (Wildman–Crippen MR) is 78.8 cm³/mol. The highest BCUT2D eigenvalue weighted by Crippen LogP contribution is 2.40.